The van der Waals surface area contributed by atoms with Crippen LogP contribution in [0.1, 0.15) is 20.3 Å². The zero-order valence-corrected chi connectivity index (χ0v) is 5.89. The Morgan fingerprint density at radius 2 is 2.44 bits per heavy atom. The van der Waals surface area contributed by atoms with Crippen LogP contribution in [-0.2, 0) is 9.47 Å². The Morgan fingerprint density at radius 1 is 1.67 bits per heavy atom. The molecule has 1 heterocycles. The number of rotatable bonds is 0. The van der Waals surface area contributed by atoms with Crippen molar-refractivity contribution >= 4 is 0 Å². The van der Waals surface area contributed by atoms with E-state index in [1.165, 1.54) is 0 Å². The Balaban J connectivity index is 2.44. The molecule has 0 N–H and O–H groups in total. The highest BCUT2D eigenvalue weighted by molar-refractivity contribution is 4.84. The highest BCUT2D eigenvalue weighted by Gasteiger charge is 2.06. The first-order valence-electron chi connectivity index (χ1n) is 3.24. The van der Waals surface area contributed by atoms with Crippen molar-refractivity contribution in [3.05, 3.63) is 12.0 Å². The molecular weight excluding hydrogens is 116 g/mol. The summed E-state index contributed by atoms with van der Waals surface area (Å²) < 4.78 is 10.4. The monoisotopic (exact) mass is 128 g/mol. The number of hydrogen-bond acceptors (Lipinski definition) is 2. The summed E-state index contributed by atoms with van der Waals surface area (Å²) in [6.07, 6.45) is 2.96. The molecule has 0 aliphatic carbocycles. The molecule has 1 atom stereocenters. The van der Waals surface area contributed by atoms with Gasteiger partial charge in [0.15, 0.2) is 0 Å². The molecule has 0 radical (unpaired) electrons. The minimum atomic E-state index is 0.309. The molecule has 0 amide bonds. The van der Waals surface area contributed by atoms with Gasteiger partial charge in [0.2, 0.25) is 0 Å². The molecule has 52 valence electrons. The average Bonchev–Trinajstić information content (AvgIpc) is 1.93. The lowest BCUT2D eigenvalue weighted by Gasteiger charge is -2.08. The van der Waals surface area contributed by atoms with E-state index in [1.807, 2.05) is 13.8 Å². The van der Waals surface area contributed by atoms with E-state index in [0.29, 0.717) is 6.10 Å². The third-order valence-electron chi connectivity index (χ3n) is 1.28. The molecule has 0 fully saturated rings. The summed E-state index contributed by atoms with van der Waals surface area (Å²) in [5.74, 6) is 0.875. The van der Waals surface area contributed by atoms with Gasteiger partial charge in [0.1, 0.15) is 12.0 Å². The van der Waals surface area contributed by atoms with Crippen molar-refractivity contribution in [2.75, 3.05) is 6.61 Å². The summed E-state index contributed by atoms with van der Waals surface area (Å²) in [6, 6.07) is 0. The van der Waals surface area contributed by atoms with Gasteiger partial charge < -0.3 is 9.47 Å². The number of hydrogen-bond donors (Lipinski definition) is 0. The molecule has 0 spiro atoms. The van der Waals surface area contributed by atoms with E-state index in [9.17, 15) is 0 Å². The molecule has 1 rings (SSSR count). The standard InChI is InChI=1S/C7H12O2/c1-6-3-4-8-5-7(2)9-6/h5-6H,3-4H2,1-2H3. The third kappa shape index (κ3) is 1.96. The lowest BCUT2D eigenvalue weighted by atomic mass is 10.3. The second-order valence-corrected chi connectivity index (χ2v) is 2.32. The molecular formula is C7H12O2. The van der Waals surface area contributed by atoms with Crippen LogP contribution in [0.3, 0.4) is 0 Å². The summed E-state index contributed by atoms with van der Waals surface area (Å²) in [4.78, 5) is 0. The predicted octanol–water partition coefficient (Wildman–Crippen LogP) is 1.67. The summed E-state index contributed by atoms with van der Waals surface area (Å²) in [6.45, 7) is 4.73. The van der Waals surface area contributed by atoms with Crippen LogP contribution >= 0.6 is 0 Å². The van der Waals surface area contributed by atoms with E-state index >= 15 is 0 Å². The molecule has 9 heavy (non-hydrogen) atoms. The molecule has 0 aromatic rings. The minimum Gasteiger partial charge on any atom is -0.498 e. The fourth-order valence-corrected chi connectivity index (χ4v) is 0.814. The van der Waals surface area contributed by atoms with Crippen LogP contribution in [-0.4, -0.2) is 12.7 Å². The molecule has 0 bridgehead atoms. The molecule has 0 saturated carbocycles. The average molecular weight is 128 g/mol. The molecule has 0 aromatic carbocycles. The van der Waals surface area contributed by atoms with Crippen molar-refractivity contribution in [2.24, 2.45) is 0 Å². The van der Waals surface area contributed by atoms with Gasteiger partial charge in [-0.2, -0.15) is 0 Å². The summed E-state index contributed by atoms with van der Waals surface area (Å²) in [7, 11) is 0. The van der Waals surface area contributed by atoms with Gasteiger partial charge in [-0.25, -0.2) is 0 Å². The zero-order valence-electron chi connectivity index (χ0n) is 5.89. The lowest BCUT2D eigenvalue weighted by molar-refractivity contribution is 0.128. The molecule has 0 aromatic heterocycles. The SMILES string of the molecule is CC1=COCCC(C)O1. The van der Waals surface area contributed by atoms with E-state index in [2.05, 4.69) is 0 Å². The van der Waals surface area contributed by atoms with Crippen molar-refractivity contribution in [3.63, 3.8) is 0 Å². The Hall–Kier alpha value is -0.660. The van der Waals surface area contributed by atoms with Crippen LogP contribution in [0.25, 0.3) is 0 Å². The van der Waals surface area contributed by atoms with E-state index in [0.717, 1.165) is 18.8 Å². The largest absolute Gasteiger partial charge is 0.498 e. The number of ether oxygens (including phenoxy) is 2. The van der Waals surface area contributed by atoms with Gasteiger partial charge in [0.05, 0.1) is 12.7 Å². The molecule has 1 aliphatic rings. The van der Waals surface area contributed by atoms with E-state index in [-0.39, 0.29) is 0 Å². The Morgan fingerprint density at radius 3 is 3.22 bits per heavy atom. The normalized spacial score (nSPS) is 27.3. The fourth-order valence-electron chi connectivity index (χ4n) is 0.814. The van der Waals surface area contributed by atoms with E-state index in [1.54, 1.807) is 6.26 Å². The highest BCUT2D eigenvalue weighted by Crippen LogP contribution is 2.09. The first-order chi connectivity index (χ1) is 4.29. The van der Waals surface area contributed by atoms with Gasteiger partial charge >= 0.3 is 0 Å². The van der Waals surface area contributed by atoms with Crippen molar-refractivity contribution < 1.29 is 9.47 Å². The van der Waals surface area contributed by atoms with Crippen molar-refractivity contribution in [1.29, 1.82) is 0 Å². The van der Waals surface area contributed by atoms with Crippen molar-refractivity contribution in [3.8, 4) is 0 Å². The maximum atomic E-state index is 5.35. The molecule has 2 heteroatoms. The summed E-state index contributed by atoms with van der Waals surface area (Å²) in [5.41, 5.74) is 0. The van der Waals surface area contributed by atoms with Gasteiger partial charge in [-0.15, -0.1) is 0 Å². The molecule has 1 aliphatic heterocycles. The van der Waals surface area contributed by atoms with Crippen LogP contribution in [0, 0.1) is 0 Å². The van der Waals surface area contributed by atoms with Crippen molar-refractivity contribution in [1.82, 2.24) is 0 Å². The van der Waals surface area contributed by atoms with Crippen LogP contribution in [0.2, 0.25) is 0 Å². The quantitative estimate of drug-likeness (QED) is 0.494. The zero-order chi connectivity index (χ0) is 6.69. The first-order valence-corrected chi connectivity index (χ1v) is 3.24. The van der Waals surface area contributed by atoms with Crippen molar-refractivity contribution in [2.45, 2.75) is 26.4 Å². The third-order valence-corrected chi connectivity index (χ3v) is 1.28. The summed E-state index contributed by atoms with van der Waals surface area (Å²) in [5, 5.41) is 0. The molecule has 2 nitrogen and oxygen atoms in total. The van der Waals surface area contributed by atoms with Gasteiger partial charge in [-0.3, -0.25) is 0 Å². The van der Waals surface area contributed by atoms with Gasteiger partial charge in [0.25, 0.3) is 0 Å². The van der Waals surface area contributed by atoms with E-state index in [4.69, 9.17) is 9.47 Å². The van der Waals surface area contributed by atoms with Crippen LogP contribution in [0.5, 0.6) is 0 Å². The second kappa shape index (κ2) is 2.76. The lowest BCUT2D eigenvalue weighted by Crippen LogP contribution is -2.05. The molecule has 1 unspecified atom stereocenters. The first kappa shape index (κ1) is 6.46. The molecule has 0 saturated heterocycles. The minimum absolute atomic E-state index is 0.309. The maximum absolute atomic E-state index is 5.35. The van der Waals surface area contributed by atoms with Crippen LogP contribution < -0.4 is 0 Å². The maximum Gasteiger partial charge on any atom is 0.128 e. The smallest absolute Gasteiger partial charge is 0.128 e. The fraction of sp³-hybridized carbons (Fsp3) is 0.714. The van der Waals surface area contributed by atoms with Crippen LogP contribution in [0.4, 0.5) is 0 Å². The number of allylic oxidation sites excluding steroid dienone is 1. The Labute approximate surface area is 55.5 Å². The summed E-state index contributed by atoms with van der Waals surface area (Å²) >= 11 is 0. The topological polar surface area (TPSA) is 18.5 Å². The van der Waals surface area contributed by atoms with Crippen LogP contribution in [0.15, 0.2) is 12.0 Å². The van der Waals surface area contributed by atoms with Gasteiger partial charge in [0, 0.05) is 6.42 Å². The van der Waals surface area contributed by atoms with E-state index < -0.39 is 0 Å². The van der Waals surface area contributed by atoms with Gasteiger partial charge in [-0.1, -0.05) is 0 Å². The predicted molar refractivity (Wildman–Crippen MR) is 34.9 cm³/mol. The van der Waals surface area contributed by atoms with Gasteiger partial charge in [-0.05, 0) is 13.8 Å². The Kier molecular flexibility index (Phi) is 1.98. The Bertz CT molecular complexity index is 118. The highest BCUT2D eigenvalue weighted by atomic mass is 16.5. The second-order valence-electron chi connectivity index (χ2n) is 2.32.